The van der Waals surface area contributed by atoms with Gasteiger partial charge in [-0.05, 0) is 18.1 Å². The first kappa shape index (κ1) is 6.43. The van der Waals surface area contributed by atoms with Crippen LogP contribution in [-0.2, 0) is 6.42 Å². The molecule has 0 spiro atoms. The number of aryl methyl sites for hydroxylation is 1. The number of hydrogen-bond acceptors (Lipinski definition) is 3. The minimum atomic E-state index is 0.872. The van der Waals surface area contributed by atoms with Gasteiger partial charge in [-0.1, -0.05) is 0 Å². The lowest BCUT2D eigenvalue weighted by Crippen LogP contribution is -1.75. The van der Waals surface area contributed by atoms with Gasteiger partial charge in [-0.2, -0.15) is 0 Å². The second kappa shape index (κ2) is 2.40. The lowest BCUT2D eigenvalue weighted by Gasteiger charge is -1.80. The van der Waals surface area contributed by atoms with Crippen molar-refractivity contribution in [3.05, 3.63) is 16.5 Å². The summed E-state index contributed by atoms with van der Waals surface area (Å²) in [6, 6.07) is 2.01. The molecule has 1 aromatic heterocycles. The van der Waals surface area contributed by atoms with Gasteiger partial charge < -0.3 is 0 Å². The van der Waals surface area contributed by atoms with Crippen molar-refractivity contribution >= 4 is 29.4 Å². The topological polar surface area (TPSA) is 17.1 Å². The van der Waals surface area contributed by atoms with E-state index in [1.54, 1.807) is 11.3 Å². The Morgan fingerprint density at radius 3 is 3.20 bits per heavy atom. The molecule has 0 unspecified atom stereocenters. The predicted octanol–water partition coefficient (Wildman–Crippen LogP) is 2.21. The normalized spacial score (nSPS) is 15.2. The lowest BCUT2D eigenvalue weighted by atomic mass is 10.2. The fraction of sp³-hybridized carbons (Fsp3) is 0.286. The third-order valence-corrected chi connectivity index (χ3v) is 3.94. The van der Waals surface area contributed by atoms with E-state index < -0.39 is 0 Å². The zero-order valence-corrected chi connectivity index (χ0v) is 6.93. The van der Waals surface area contributed by atoms with Crippen LogP contribution in [0.3, 0.4) is 0 Å². The summed E-state index contributed by atoms with van der Waals surface area (Å²) < 4.78 is 1.35. The molecule has 3 heteroatoms. The van der Waals surface area contributed by atoms with Crippen molar-refractivity contribution in [2.45, 2.75) is 10.6 Å². The van der Waals surface area contributed by atoms with E-state index in [1.165, 1.54) is 15.5 Å². The summed E-state index contributed by atoms with van der Waals surface area (Å²) in [7, 11) is 0. The quantitative estimate of drug-likeness (QED) is 0.601. The second-order valence-electron chi connectivity index (χ2n) is 2.18. The standard InChI is InChI=1S/C7H6OS2/c8-4-6-3-5-1-2-9-7(5)10-6/h3-4H,1-2H2. The van der Waals surface area contributed by atoms with Gasteiger partial charge in [-0.3, -0.25) is 4.79 Å². The number of rotatable bonds is 1. The molecule has 0 aliphatic carbocycles. The molecule has 2 rings (SSSR count). The van der Waals surface area contributed by atoms with Gasteiger partial charge in [0, 0.05) is 5.75 Å². The van der Waals surface area contributed by atoms with E-state index >= 15 is 0 Å². The first-order valence-electron chi connectivity index (χ1n) is 3.11. The smallest absolute Gasteiger partial charge is 0.160 e. The Balaban J connectivity index is 2.46. The molecule has 0 N–H and O–H groups in total. The summed E-state index contributed by atoms with van der Waals surface area (Å²) in [5, 5.41) is 0. The van der Waals surface area contributed by atoms with Crippen LogP contribution in [0, 0.1) is 0 Å². The van der Waals surface area contributed by atoms with Crippen LogP contribution >= 0.6 is 23.1 Å². The highest BCUT2D eigenvalue weighted by atomic mass is 32.2. The van der Waals surface area contributed by atoms with Crippen LogP contribution in [0.4, 0.5) is 0 Å². The van der Waals surface area contributed by atoms with E-state index in [0.717, 1.165) is 17.6 Å². The first-order chi connectivity index (χ1) is 4.90. The van der Waals surface area contributed by atoms with Gasteiger partial charge in [-0.15, -0.1) is 23.1 Å². The third-order valence-electron chi connectivity index (χ3n) is 1.51. The predicted molar refractivity (Wildman–Crippen MR) is 44.1 cm³/mol. The molecule has 0 radical (unpaired) electrons. The van der Waals surface area contributed by atoms with Gasteiger partial charge in [0.25, 0.3) is 0 Å². The van der Waals surface area contributed by atoms with Crippen LogP contribution in [0.2, 0.25) is 0 Å². The number of carbonyl (C=O) groups excluding carboxylic acids is 1. The zero-order chi connectivity index (χ0) is 6.97. The van der Waals surface area contributed by atoms with Gasteiger partial charge in [0.2, 0.25) is 0 Å². The highest BCUT2D eigenvalue weighted by Gasteiger charge is 2.14. The molecular formula is C7H6OS2. The Hall–Kier alpha value is -0.280. The molecule has 0 saturated heterocycles. The van der Waals surface area contributed by atoms with E-state index in [-0.39, 0.29) is 0 Å². The summed E-state index contributed by atoms with van der Waals surface area (Å²) in [4.78, 5) is 11.2. The molecule has 52 valence electrons. The van der Waals surface area contributed by atoms with Crippen LogP contribution in [0.1, 0.15) is 15.2 Å². The van der Waals surface area contributed by atoms with Gasteiger partial charge in [0.1, 0.15) is 0 Å². The van der Waals surface area contributed by atoms with Crippen LogP contribution < -0.4 is 0 Å². The SMILES string of the molecule is O=Cc1cc2c(s1)SCC2. The molecule has 1 aliphatic rings. The molecule has 0 amide bonds. The maximum atomic E-state index is 10.3. The molecule has 0 fully saturated rings. The molecule has 1 nitrogen and oxygen atoms in total. The Kier molecular flexibility index (Phi) is 1.54. The molecule has 0 atom stereocenters. The Bertz CT molecular complexity index is 243. The van der Waals surface area contributed by atoms with E-state index in [9.17, 15) is 4.79 Å². The Labute approximate surface area is 67.4 Å². The van der Waals surface area contributed by atoms with Crippen LogP contribution in [0.25, 0.3) is 0 Å². The van der Waals surface area contributed by atoms with Crippen molar-refractivity contribution < 1.29 is 4.79 Å². The number of carbonyl (C=O) groups is 1. The average molecular weight is 170 g/mol. The van der Waals surface area contributed by atoms with Crippen molar-refractivity contribution in [3.63, 3.8) is 0 Å². The Morgan fingerprint density at radius 2 is 2.50 bits per heavy atom. The lowest BCUT2D eigenvalue weighted by molar-refractivity contribution is 0.112. The summed E-state index contributed by atoms with van der Waals surface area (Å²) >= 11 is 3.48. The van der Waals surface area contributed by atoms with Crippen molar-refractivity contribution in [1.82, 2.24) is 0 Å². The summed E-state index contributed by atoms with van der Waals surface area (Å²) in [6.45, 7) is 0. The number of thiophene rings is 1. The average Bonchev–Trinajstić information content (AvgIpc) is 2.42. The second-order valence-corrected chi connectivity index (χ2v) is 4.63. The van der Waals surface area contributed by atoms with Gasteiger partial charge in [-0.25, -0.2) is 0 Å². The van der Waals surface area contributed by atoms with Crippen molar-refractivity contribution in [2.24, 2.45) is 0 Å². The minimum Gasteiger partial charge on any atom is -0.297 e. The molecule has 10 heavy (non-hydrogen) atoms. The third kappa shape index (κ3) is 0.896. The van der Waals surface area contributed by atoms with E-state index in [0.29, 0.717) is 0 Å². The summed E-state index contributed by atoms with van der Waals surface area (Å²) in [5.74, 6) is 1.19. The fourth-order valence-corrected chi connectivity index (χ4v) is 3.42. The van der Waals surface area contributed by atoms with E-state index in [1.807, 2.05) is 17.8 Å². The zero-order valence-electron chi connectivity index (χ0n) is 5.29. The van der Waals surface area contributed by atoms with Crippen LogP contribution in [0.5, 0.6) is 0 Å². The maximum absolute atomic E-state index is 10.3. The molecule has 0 bridgehead atoms. The van der Waals surface area contributed by atoms with E-state index in [2.05, 4.69) is 0 Å². The maximum Gasteiger partial charge on any atom is 0.160 e. The van der Waals surface area contributed by atoms with Crippen molar-refractivity contribution in [3.8, 4) is 0 Å². The largest absolute Gasteiger partial charge is 0.297 e. The summed E-state index contributed by atoms with van der Waals surface area (Å²) in [5.41, 5.74) is 1.37. The fourth-order valence-electron chi connectivity index (χ4n) is 1.04. The first-order valence-corrected chi connectivity index (χ1v) is 4.91. The molecule has 1 aromatic rings. The van der Waals surface area contributed by atoms with Crippen LogP contribution in [-0.4, -0.2) is 12.0 Å². The number of hydrogen-bond donors (Lipinski definition) is 0. The van der Waals surface area contributed by atoms with Gasteiger partial charge in [0.05, 0.1) is 9.09 Å². The number of fused-ring (bicyclic) bond motifs is 1. The van der Waals surface area contributed by atoms with Crippen molar-refractivity contribution in [2.75, 3.05) is 5.75 Å². The molecule has 0 aromatic carbocycles. The summed E-state index contributed by atoms with van der Waals surface area (Å²) in [6.07, 6.45) is 2.08. The molecule has 2 heterocycles. The van der Waals surface area contributed by atoms with Gasteiger partial charge >= 0.3 is 0 Å². The van der Waals surface area contributed by atoms with Crippen LogP contribution in [0.15, 0.2) is 10.3 Å². The molecule has 0 saturated carbocycles. The number of thioether (sulfide) groups is 1. The van der Waals surface area contributed by atoms with Gasteiger partial charge in [0.15, 0.2) is 6.29 Å². The molecule has 1 aliphatic heterocycles. The molecular weight excluding hydrogens is 164 g/mol. The monoisotopic (exact) mass is 170 g/mol. The minimum absolute atomic E-state index is 0.872. The van der Waals surface area contributed by atoms with E-state index in [4.69, 9.17) is 0 Å². The Morgan fingerprint density at radius 1 is 1.60 bits per heavy atom. The van der Waals surface area contributed by atoms with Crippen molar-refractivity contribution in [1.29, 1.82) is 0 Å². The highest BCUT2D eigenvalue weighted by Crippen LogP contribution is 2.37. The number of aldehydes is 1. The highest BCUT2D eigenvalue weighted by molar-refractivity contribution is 8.01.